The van der Waals surface area contributed by atoms with Gasteiger partial charge in [0.2, 0.25) is 0 Å². The van der Waals surface area contributed by atoms with Crippen molar-refractivity contribution in [2.24, 2.45) is 0 Å². The van der Waals surface area contributed by atoms with Gasteiger partial charge in [-0.2, -0.15) is 0 Å². The maximum atomic E-state index is 11.5. The standard InChI is InChI=1S/C13H16O2/c1-10(14)12-4-2-3-5-13(12)11-6-8-15-9-7-11/h2-5,11H,6-9H2,1H3. The fourth-order valence-electron chi connectivity index (χ4n) is 2.18. The average molecular weight is 204 g/mol. The number of Topliss-reactive ketones (excluding diaryl/α,β-unsaturated/α-hetero) is 1. The zero-order valence-corrected chi connectivity index (χ0v) is 9.03. The zero-order valence-electron chi connectivity index (χ0n) is 9.03. The van der Waals surface area contributed by atoms with E-state index in [4.69, 9.17) is 4.74 Å². The molecule has 0 bridgehead atoms. The van der Waals surface area contributed by atoms with Gasteiger partial charge in [-0.05, 0) is 31.2 Å². The summed E-state index contributed by atoms with van der Waals surface area (Å²) in [6.45, 7) is 3.27. The second-order valence-corrected chi connectivity index (χ2v) is 4.03. The molecule has 2 heteroatoms. The van der Waals surface area contributed by atoms with Crippen LogP contribution in [-0.2, 0) is 4.74 Å². The number of ether oxygens (including phenoxy) is 1. The average Bonchev–Trinajstić information content (AvgIpc) is 2.30. The predicted octanol–water partition coefficient (Wildman–Crippen LogP) is 2.78. The maximum absolute atomic E-state index is 11.5. The number of carbonyl (C=O) groups excluding carboxylic acids is 1. The van der Waals surface area contributed by atoms with Gasteiger partial charge in [-0.1, -0.05) is 24.3 Å². The lowest BCUT2D eigenvalue weighted by molar-refractivity contribution is 0.0845. The van der Waals surface area contributed by atoms with Gasteiger partial charge in [0.05, 0.1) is 0 Å². The SMILES string of the molecule is CC(=O)c1ccccc1C1CCOCC1. The van der Waals surface area contributed by atoms with Gasteiger partial charge < -0.3 is 4.74 Å². The minimum absolute atomic E-state index is 0.164. The number of hydrogen-bond donors (Lipinski definition) is 0. The molecule has 0 aromatic heterocycles. The van der Waals surface area contributed by atoms with Gasteiger partial charge >= 0.3 is 0 Å². The molecule has 1 saturated heterocycles. The van der Waals surface area contributed by atoms with Gasteiger partial charge in [-0.15, -0.1) is 0 Å². The largest absolute Gasteiger partial charge is 0.381 e. The van der Waals surface area contributed by atoms with Crippen LogP contribution in [0.2, 0.25) is 0 Å². The van der Waals surface area contributed by atoms with Crippen LogP contribution < -0.4 is 0 Å². The molecule has 0 aliphatic carbocycles. The first kappa shape index (κ1) is 10.4. The van der Waals surface area contributed by atoms with Crippen LogP contribution in [0.25, 0.3) is 0 Å². The van der Waals surface area contributed by atoms with E-state index in [1.54, 1.807) is 6.92 Å². The van der Waals surface area contributed by atoms with E-state index in [1.165, 1.54) is 5.56 Å². The van der Waals surface area contributed by atoms with Gasteiger partial charge in [-0.3, -0.25) is 4.79 Å². The summed E-state index contributed by atoms with van der Waals surface area (Å²) in [6, 6.07) is 7.94. The number of hydrogen-bond acceptors (Lipinski definition) is 2. The van der Waals surface area contributed by atoms with E-state index >= 15 is 0 Å². The molecule has 0 spiro atoms. The van der Waals surface area contributed by atoms with Crippen LogP contribution in [-0.4, -0.2) is 19.0 Å². The fraction of sp³-hybridized carbons (Fsp3) is 0.462. The van der Waals surface area contributed by atoms with Gasteiger partial charge in [0.25, 0.3) is 0 Å². The van der Waals surface area contributed by atoms with Crippen LogP contribution >= 0.6 is 0 Å². The van der Waals surface area contributed by atoms with Crippen molar-refractivity contribution in [2.45, 2.75) is 25.7 Å². The Hall–Kier alpha value is -1.15. The number of benzene rings is 1. The van der Waals surface area contributed by atoms with Gasteiger partial charge in [0.15, 0.2) is 5.78 Å². The fourth-order valence-corrected chi connectivity index (χ4v) is 2.18. The molecular weight excluding hydrogens is 188 g/mol. The highest BCUT2D eigenvalue weighted by molar-refractivity contribution is 5.95. The topological polar surface area (TPSA) is 26.3 Å². The molecule has 80 valence electrons. The Morgan fingerprint density at radius 3 is 2.60 bits per heavy atom. The molecule has 1 fully saturated rings. The highest BCUT2D eigenvalue weighted by atomic mass is 16.5. The summed E-state index contributed by atoms with van der Waals surface area (Å²) in [5.41, 5.74) is 2.08. The summed E-state index contributed by atoms with van der Waals surface area (Å²) in [6.07, 6.45) is 2.06. The van der Waals surface area contributed by atoms with Crippen molar-refractivity contribution in [3.63, 3.8) is 0 Å². The van der Waals surface area contributed by atoms with E-state index in [-0.39, 0.29) is 5.78 Å². The molecule has 15 heavy (non-hydrogen) atoms. The van der Waals surface area contributed by atoms with E-state index in [0.29, 0.717) is 5.92 Å². The molecule has 2 nitrogen and oxygen atoms in total. The summed E-state index contributed by atoms with van der Waals surface area (Å²) in [7, 11) is 0. The molecule has 0 N–H and O–H groups in total. The maximum Gasteiger partial charge on any atom is 0.160 e. The Kier molecular flexibility index (Phi) is 3.17. The van der Waals surface area contributed by atoms with Crippen molar-refractivity contribution >= 4 is 5.78 Å². The van der Waals surface area contributed by atoms with E-state index in [0.717, 1.165) is 31.6 Å². The molecule has 0 radical (unpaired) electrons. The van der Waals surface area contributed by atoms with Crippen molar-refractivity contribution in [3.05, 3.63) is 35.4 Å². The first-order valence-corrected chi connectivity index (χ1v) is 5.46. The van der Waals surface area contributed by atoms with Crippen molar-refractivity contribution in [1.29, 1.82) is 0 Å². The molecule has 0 saturated carbocycles. The third-order valence-electron chi connectivity index (χ3n) is 3.00. The molecule has 1 aliphatic heterocycles. The highest BCUT2D eigenvalue weighted by Gasteiger charge is 2.19. The summed E-state index contributed by atoms with van der Waals surface area (Å²) in [5, 5.41) is 0. The van der Waals surface area contributed by atoms with Crippen molar-refractivity contribution in [2.75, 3.05) is 13.2 Å². The summed E-state index contributed by atoms with van der Waals surface area (Å²) < 4.78 is 5.34. The van der Waals surface area contributed by atoms with Crippen LogP contribution in [0.4, 0.5) is 0 Å². The number of ketones is 1. The predicted molar refractivity (Wildman–Crippen MR) is 59.2 cm³/mol. The molecule has 2 rings (SSSR count). The molecule has 0 atom stereocenters. The molecule has 1 aromatic rings. The lowest BCUT2D eigenvalue weighted by Crippen LogP contribution is -2.16. The Morgan fingerprint density at radius 1 is 1.27 bits per heavy atom. The van der Waals surface area contributed by atoms with Crippen molar-refractivity contribution in [3.8, 4) is 0 Å². The Balaban J connectivity index is 2.29. The second-order valence-electron chi connectivity index (χ2n) is 4.03. The van der Waals surface area contributed by atoms with Crippen molar-refractivity contribution < 1.29 is 9.53 Å². The zero-order chi connectivity index (χ0) is 10.7. The van der Waals surface area contributed by atoms with E-state index < -0.39 is 0 Å². The van der Waals surface area contributed by atoms with Crippen LogP contribution in [0.3, 0.4) is 0 Å². The van der Waals surface area contributed by atoms with E-state index in [2.05, 4.69) is 6.07 Å². The minimum Gasteiger partial charge on any atom is -0.381 e. The molecule has 0 amide bonds. The monoisotopic (exact) mass is 204 g/mol. The molecule has 1 aromatic carbocycles. The first-order valence-electron chi connectivity index (χ1n) is 5.46. The van der Waals surface area contributed by atoms with E-state index in [1.807, 2.05) is 18.2 Å². The summed E-state index contributed by atoms with van der Waals surface area (Å²) in [5.74, 6) is 0.663. The third-order valence-corrected chi connectivity index (χ3v) is 3.00. The quantitative estimate of drug-likeness (QED) is 0.692. The lowest BCUT2D eigenvalue weighted by atomic mass is 9.87. The summed E-state index contributed by atoms with van der Waals surface area (Å²) in [4.78, 5) is 11.5. The first-order chi connectivity index (χ1) is 7.29. The lowest BCUT2D eigenvalue weighted by Gasteiger charge is -2.23. The van der Waals surface area contributed by atoms with Crippen LogP contribution in [0.5, 0.6) is 0 Å². The number of carbonyl (C=O) groups is 1. The Bertz CT molecular complexity index is 351. The summed E-state index contributed by atoms with van der Waals surface area (Å²) >= 11 is 0. The van der Waals surface area contributed by atoms with Crippen LogP contribution in [0, 0.1) is 0 Å². The van der Waals surface area contributed by atoms with Gasteiger partial charge in [0, 0.05) is 18.8 Å². The second kappa shape index (κ2) is 4.58. The molecule has 1 aliphatic rings. The molecule has 0 unspecified atom stereocenters. The smallest absolute Gasteiger partial charge is 0.160 e. The van der Waals surface area contributed by atoms with Gasteiger partial charge in [-0.25, -0.2) is 0 Å². The molecule has 1 heterocycles. The Labute approximate surface area is 90.3 Å². The van der Waals surface area contributed by atoms with E-state index in [9.17, 15) is 4.79 Å². The third kappa shape index (κ3) is 2.26. The minimum atomic E-state index is 0.164. The highest BCUT2D eigenvalue weighted by Crippen LogP contribution is 2.29. The normalized spacial score (nSPS) is 17.7. The van der Waals surface area contributed by atoms with Crippen molar-refractivity contribution in [1.82, 2.24) is 0 Å². The molecular formula is C13H16O2. The van der Waals surface area contributed by atoms with Gasteiger partial charge in [0.1, 0.15) is 0 Å². The Morgan fingerprint density at radius 2 is 1.93 bits per heavy atom. The van der Waals surface area contributed by atoms with Crippen LogP contribution in [0.1, 0.15) is 41.6 Å². The van der Waals surface area contributed by atoms with Crippen LogP contribution in [0.15, 0.2) is 24.3 Å². The number of rotatable bonds is 2.